The standard InChI is InChI=1S/C78H105N15O18S2/c1-41(2)77(10)74(109)89-61(44(5)95)71(106)87-57(63(79)99)39-112-37-48-14-11-15-49(32-48)38-113-40-58(83-45(6)96)66(101)90-62(76(7,8)9)72(107)86-56(34-47-20-24-52(98)25-21-47)73(108)93-29-13-17-59(93)69(104)88-60(43(4)94)70(105)85-55(35-50-36-81-64-53(50)16-12-28-80-64)68(103)92-78(26-30-111-31-27-78)75(110)82-42(3)65(100)84-54(67(102)91-77)33-46-18-22-51(97)23-19-46/h11-12,14-16,18-25,28,32,36,41-44,54-62,94-95,97-98H,13,17,26-27,29-31,33-35,37-40H2,1-10H3,(H2,79,99)(H,80,81)(H,82,110)(H,83,96)(H,84,100)(H,85,105)(H,86,107)(H,87,106)(H,88,104)(H,89,109)(H,90,101)(H,91,102)(H,92,103)/t42-,43+,44+,54-,55-,56-,57+,58-,59-,60-,61-,62+,77-/m0/s1. The summed E-state index contributed by atoms with van der Waals surface area (Å²) in [5, 5.41) is 73.1. The van der Waals surface area contributed by atoms with Crippen LogP contribution in [-0.2, 0) is 97.8 Å². The molecule has 2 saturated heterocycles. The van der Waals surface area contributed by atoms with Gasteiger partial charge in [-0.3, -0.25) is 62.3 Å². The van der Waals surface area contributed by atoms with E-state index in [0.717, 1.165) is 11.1 Å². The Hall–Kier alpha value is -10.4. The number of fused-ring (bicyclic) bond motifs is 4. The van der Waals surface area contributed by atoms with Gasteiger partial charge in [0.25, 0.3) is 0 Å². The van der Waals surface area contributed by atoms with Gasteiger partial charge in [0, 0.05) is 99.6 Å². The van der Waals surface area contributed by atoms with Crippen LogP contribution < -0.4 is 64.2 Å². The van der Waals surface area contributed by atoms with Crippen LogP contribution in [-0.4, -0.2) is 227 Å². The van der Waals surface area contributed by atoms with Gasteiger partial charge in [0.15, 0.2) is 0 Å². The Morgan fingerprint density at radius 2 is 1.20 bits per heavy atom. The number of aromatic amines is 1. The van der Waals surface area contributed by atoms with Crippen molar-refractivity contribution in [3.05, 3.63) is 125 Å². The Bertz CT molecular complexity index is 4260. The second kappa shape index (κ2) is 39.4. The highest BCUT2D eigenvalue weighted by molar-refractivity contribution is 7.98. The van der Waals surface area contributed by atoms with Crippen molar-refractivity contribution < 1.29 is 87.5 Å². The maximum absolute atomic E-state index is 15.2. The minimum absolute atomic E-state index is 0.0113. The molecule has 2 aromatic heterocycles. The van der Waals surface area contributed by atoms with E-state index in [9.17, 15) is 68.4 Å². The van der Waals surface area contributed by atoms with E-state index in [1.54, 1.807) is 59.0 Å². The summed E-state index contributed by atoms with van der Waals surface area (Å²) in [5.74, 6) is -11.8. The van der Waals surface area contributed by atoms with E-state index < -0.39 is 172 Å². The third-order valence-corrected chi connectivity index (χ3v) is 22.5. The third kappa shape index (κ3) is 23.9. The van der Waals surface area contributed by atoms with Gasteiger partial charge >= 0.3 is 0 Å². The lowest BCUT2D eigenvalue weighted by Crippen LogP contribution is -2.68. The number of aliphatic hydroxyl groups is 2. The van der Waals surface area contributed by atoms with Crippen LogP contribution in [0.4, 0.5) is 0 Å². The van der Waals surface area contributed by atoms with Crippen molar-refractivity contribution in [1.29, 1.82) is 0 Å². The number of carbonyl (C=O) groups excluding carboxylic acids is 13. The quantitative estimate of drug-likeness (QED) is 0.0832. The number of benzene rings is 3. The Labute approximate surface area is 663 Å². The Morgan fingerprint density at radius 1 is 0.646 bits per heavy atom. The van der Waals surface area contributed by atoms with Crippen LogP contribution in [0.5, 0.6) is 11.5 Å². The Balaban J connectivity index is 1.14. The molecule has 8 rings (SSSR count). The number of rotatable bonds is 11. The molecule has 0 unspecified atom stereocenters. The zero-order valence-electron chi connectivity index (χ0n) is 64.9. The first kappa shape index (κ1) is 88.2. The second-order valence-electron chi connectivity index (χ2n) is 30.6. The highest BCUT2D eigenvalue weighted by atomic mass is 32.2. The molecule has 0 aliphatic carbocycles. The molecule has 3 aliphatic rings. The van der Waals surface area contributed by atoms with Crippen molar-refractivity contribution in [2.24, 2.45) is 17.1 Å². The van der Waals surface area contributed by atoms with Crippen molar-refractivity contribution in [2.75, 3.05) is 31.3 Å². The van der Waals surface area contributed by atoms with E-state index >= 15 is 14.4 Å². The van der Waals surface area contributed by atoms with Crippen LogP contribution in [0.2, 0.25) is 0 Å². The van der Waals surface area contributed by atoms with Crippen LogP contribution in [0.15, 0.2) is 97.3 Å². The number of nitrogens with two attached hydrogens (primary N) is 1. The molecule has 0 saturated carbocycles. The molecular formula is C78H105N15O18S2. The lowest BCUT2D eigenvalue weighted by molar-refractivity contribution is -0.143. The lowest BCUT2D eigenvalue weighted by Gasteiger charge is -2.38. The van der Waals surface area contributed by atoms with E-state index in [-0.39, 0.29) is 87.7 Å². The summed E-state index contributed by atoms with van der Waals surface area (Å²) in [6, 6.07) is 7.42. The summed E-state index contributed by atoms with van der Waals surface area (Å²) in [5.41, 5.74) is 4.35. The smallest absolute Gasteiger partial charge is 0.246 e. The predicted octanol–water partition coefficient (Wildman–Crippen LogP) is 0.0655. The van der Waals surface area contributed by atoms with Crippen molar-refractivity contribution >= 4 is 111 Å². The number of nitrogens with zero attached hydrogens (tertiary/aromatic N) is 2. The highest BCUT2D eigenvalue weighted by Gasteiger charge is 2.48. The molecule has 2 fully saturated rings. The fourth-order valence-electron chi connectivity index (χ4n) is 13.3. The number of nitrogens with one attached hydrogen (secondary N) is 12. The fraction of sp³-hybridized carbons (Fsp3) is 0.513. The molecule has 0 radical (unpaired) electrons. The first-order chi connectivity index (χ1) is 53.4. The number of hydrogen-bond acceptors (Lipinski definition) is 21. The van der Waals surface area contributed by atoms with Gasteiger partial charge < -0.3 is 99.3 Å². The molecule has 5 aromatic rings. The van der Waals surface area contributed by atoms with Gasteiger partial charge in [0.1, 0.15) is 88.6 Å². The summed E-state index contributed by atoms with van der Waals surface area (Å²) in [6.07, 6.45) is -0.931. The zero-order valence-corrected chi connectivity index (χ0v) is 66.6. The molecule has 113 heavy (non-hydrogen) atoms. The number of aliphatic hydroxyl groups excluding tert-OH is 2. The van der Waals surface area contributed by atoms with Crippen LogP contribution >= 0.6 is 23.5 Å². The van der Waals surface area contributed by atoms with E-state index in [2.05, 4.69) is 68.5 Å². The summed E-state index contributed by atoms with van der Waals surface area (Å²) >= 11 is 2.52. The summed E-state index contributed by atoms with van der Waals surface area (Å²) < 4.78 is 5.68. The van der Waals surface area contributed by atoms with Gasteiger partial charge in [-0.2, -0.15) is 23.5 Å². The van der Waals surface area contributed by atoms with Crippen molar-refractivity contribution in [3.8, 4) is 11.5 Å². The summed E-state index contributed by atoms with van der Waals surface area (Å²) in [6.45, 7) is 14.4. The lowest BCUT2D eigenvalue weighted by atomic mass is 9.85. The minimum Gasteiger partial charge on any atom is -0.508 e. The number of carbonyl (C=O) groups is 13. The second-order valence-corrected chi connectivity index (χ2v) is 32.6. The SMILES string of the molecule is CC(=O)N[C@H]1CSCc2cccc(c2)CSC[C@H](C(N)=O)NC(=O)[C@H]([C@@H](C)O)NC(=O)[C@](C)(C(C)C)NC(=O)[C@H](Cc2ccc(O)cc2)NC(=O)[C@H](C)NC(=O)C2(CCOCC2)NC(=O)[C@H](Cc2c[nH]c3ncccc23)NC(=O)[C@H]([C@@H](C)O)NC(=O)[C@@H]2CCCN2C(=O)[C@H](Cc2ccc(O)cc2)NC(=O)[C@H](C(C)(C)C)NC1=O. The van der Waals surface area contributed by atoms with Crippen molar-refractivity contribution in [2.45, 2.75) is 209 Å². The van der Waals surface area contributed by atoms with Crippen LogP contribution in [0.25, 0.3) is 11.0 Å². The van der Waals surface area contributed by atoms with Gasteiger partial charge in [0.05, 0.1) is 12.2 Å². The maximum atomic E-state index is 15.2. The summed E-state index contributed by atoms with van der Waals surface area (Å²) in [4.78, 5) is 197. The van der Waals surface area contributed by atoms with Gasteiger partial charge in [-0.15, -0.1) is 0 Å². The monoisotopic (exact) mass is 1600 g/mol. The van der Waals surface area contributed by atoms with E-state index in [1.807, 2.05) is 18.2 Å². The van der Waals surface area contributed by atoms with Gasteiger partial charge in [-0.1, -0.05) is 83.1 Å². The number of pyridine rings is 1. The number of ether oxygens (including phenoxy) is 1. The van der Waals surface area contributed by atoms with E-state index in [1.165, 1.54) is 118 Å². The van der Waals surface area contributed by atoms with Crippen molar-refractivity contribution in [1.82, 2.24) is 73.4 Å². The van der Waals surface area contributed by atoms with Gasteiger partial charge in [0.2, 0.25) is 76.8 Å². The molecule has 33 nitrogen and oxygen atoms in total. The van der Waals surface area contributed by atoms with E-state index in [4.69, 9.17) is 10.5 Å². The van der Waals surface area contributed by atoms with Crippen LogP contribution in [0, 0.1) is 11.3 Å². The first-order valence-corrected chi connectivity index (χ1v) is 39.8. The number of amides is 13. The molecule has 5 heterocycles. The average molecular weight is 1600 g/mol. The Morgan fingerprint density at radius 3 is 1.79 bits per heavy atom. The minimum atomic E-state index is -1.92. The number of thioether (sulfide) groups is 2. The number of phenolic OH excluding ortho intramolecular Hbond substituents is 2. The number of aromatic hydroxyl groups is 2. The molecular weight excluding hydrogens is 1500 g/mol. The summed E-state index contributed by atoms with van der Waals surface area (Å²) in [7, 11) is 0. The van der Waals surface area contributed by atoms with Gasteiger partial charge in [-0.25, -0.2) is 4.98 Å². The fourth-order valence-corrected chi connectivity index (χ4v) is 15.3. The molecule has 3 aromatic carbocycles. The number of hydrogen-bond donors (Lipinski definition) is 17. The molecule has 18 N–H and O–H groups in total. The average Bonchev–Trinajstić information content (AvgIpc) is 1.19. The first-order valence-electron chi connectivity index (χ1n) is 37.5. The Kier molecular flexibility index (Phi) is 30.8. The number of H-pyrrole nitrogens is 1. The molecule has 35 heteroatoms. The maximum Gasteiger partial charge on any atom is 0.246 e. The number of primary amides is 1. The normalized spacial score (nSPS) is 26.0. The van der Waals surface area contributed by atoms with E-state index in [0.29, 0.717) is 39.2 Å². The van der Waals surface area contributed by atoms with Crippen LogP contribution in [0.1, 0.15) is 123 Å². The molecule has 2 bridgehead atoms. The topological polar surface area (TPSA) is 502 Å². The molecule has 13 atom stereocenters. The number of aromatic nitrogens is 2. The zero-order chi connectivity index (χ0) is 82.8. The van der Waals surface area contributed by atoms with Gasteiger partial charge in [-0.05, 0) is 116 Å². The largest absolute Gasteiger partial charge is 0.508 e. The predicted molar refractivity (Wildman–Crippen MR) is 420 cm³/mol. The highest BCUT2D eigenvalue weighted by Crippen LogP contribution is 2.28. The molecule has 3 aliphatic heterocycles. The number of phenols is 2. The third-order valence-electron chi connectivity index (χ3n) is 20.3. The van der Waals surface area contributed by atoms with Crippen LogP contribution in [0.3, 0.4) is 0 Å². The van der Waals surface area contributed by atoms with Crippen molar-refractivity contribution in [3.63, 3.8) is 0 Å². The molecule has 612 valence electrons. The molecule has 1 spiro atoms. The molecule has 13 amide bonds.